The van der Waals surface area contributed by atoms with E-state index in [1.807, 2.05) is 20.8 Å². The number of carbonyl (C=O) groups excluding carboxylic acids is 2. The smallest absolute Gasteiger partial charge is 0.312 e. The number of carbonyl (C=O) groups is 2. The predicted octanol–water partition coefficient (Wildman–Crippen LogP) is 1.20. The second-order valence-electron chi connectivity index (χ2n) is 5.04. The number of hydroxylamine groups is 1. The molecule has 0 aromatic carbocycles. The Morgan fingerprint density at radius 3 is 2.35 bits per heavy atom. The molecule has 1 amide bonds. The molecule has 5 heteroatoms. The molecule has 1 N–H and O–H groups in total. The number of hydrogen-bond acceptors (Lipinski definition) is 4. The van der Waals surface area contributed by atoms with E-state index >= 15 is 0 Å². The van der Waals surface area contributed by atoms with E-state index in [0.29, 0.717) is 6.42 Å². The van der Waals surface area contributed by atoms with Crippen LogP contribution in [0.15, 0.2) is 12.2 Å². The van der Waals surface area contributed by atoms with Gasteiger partial charge in [-0.2, -0.15) is 0 Å². The Morgan fingerprint density at radius 2 is 1.82 bits per heavy atom. The summed E-state index contributed by atoms with van der Waals surface area (Å²) in [5.74, 6) is -1.21. The minimum Gasteiger partial charge on any atom is -0.469 e. The molecular weight excluding hydrogens is 222 g/mol. The molecule has 0 radical (unpaired) electrons. The third kappa shape index (κ3) is 4.19. The summed E-state index contributed by atoms with van der Waals surface area (Å²) in [5, 5.41) is 0. The van der Waals surface area contributed by atoms with Crippen molar-refractivity contribution in [1.82, 2.24) is 5.48 Å². The van der Waals surface area contributed by atoms with Gasteiger partial charge in [0, 0.05) is 0 Å². The molecule has 5 nitrogen and oxygen atoms in total. The van der Waals surface area contributed by atoms with E-state index in [9.17, 15) is 9.59 Å². The molecule has 0 saturated heterocycles. The zero-order valence-corrected chi connectivity index (χ0v) is 10.6. The van der Waals surface area contributed by atoms with Crippen LogP contribution in [0.1, 0.15) is 27.2 Å². The lowest BCUT2D eigenvalue weighted by Gasteiger charge is -2.20. The Hall–Kier alpha value is -1.36. The van der Waals surface area contributed by atoms with Crippen LogP contribution in [0.4, 0.5) is 0 Å². The Bertz CT molecular complexity index is 330. The van der Waals surface area contributed by atoms with E-state index in [-0.39, 0.29) is 23.7 Å². The summed E-state index contributed by atoms with van der Waals surface area (Å²) in [4.78, 5) is 28.1. The predicted molar refractivity (Wildman–Crippen MR) is 61.7 cm³/mol. The van der Waals surface area contributed by atoms with Crippen molar-refractivity contribution in [2.75, 3.05) is 7.11 Å². The molecule has 0 aliphatic heterocycles. The van der Waals surface area contributed by atoms with E-state index in [1.165, 1.54) is 7.11 Å². The van der Waals surface area contributed by atoms with Crippen molar-refractivity contribution in [3.63, 3.8) is 0 Å². The Kier molecular flexibility index (Phi) is 4.28. The minimum atomic E-state index is -0.431. The van der Waals surface area contributed by atoms with Crippen molar-refractivity contribution < 1.29 is 19.2 Å². The first kappa shape index (κ1) is 13.7. The lowest BCUT2D eigenvalue weighted by atomic mass is 10.0. The highest BCUT2D eigenvalue weighted by atomic mass is 16.7. The highest BCUT2D eigenvalue weighted by Gasteiger charge is 2.30. The number of ether oxygens (including phenoxy) is 1. The van der Waals surface area contributed by atoms with Gasteiger partial charge < -0.3 is 4.74 Å². The summed E-state index contributed by atoms with van der Waals surface area (Å²) in [7, 11) is 1.34. The van der Waals surface area contributed by atoms with Gasteiger partial charge in [0.05, 0.1) is 24.5 Å². The second-order valence-corrected chi connectivity index (χ2v) is 5.04. The minimum absolute atomic E-state index is 0.234. The number of methoxy groups -OCH3 is 1. The van der Waals surface area contributed by atoms with Gasteiger partial charge in [-0.1, -0.05) is 12.2 Å². The van der Waals surface area contributed by atoms with Gasteiger partial charge in [0.25, 0.3) is 5.91 Å². The van der Waals surface area contributed by atoms with Crippen molar-refractivity contribution in [3.8, 4) is 0 Å². The van der Waals surface area contributed by atoms with E-state index in [0.717, 1.165) is 0 Å². The van der Waals surface area contributed by atoms with E-state index in [2.05, 4.69) is 10.2 Å². The number of hydrogen-bond donors (Lipinski definition) is 1. The molecule has 0 aromatic rings. The fourth-order valence-electron chi connectivity index (χ4n) is 1.50. The topological polar surface area (TPSA) is 64.6 Å². The van der Waals surface area contributed by atoms with Crippen molar-refractivity contribution in [2.45, 2.75) is 32.8 Å². The van der Waals surface area contributed by atoms with Crippen LogP contribution in [-0.2, 0) is 19.2 Å². The van der Waals surface area contributed by atoms with Crippen LogP contribution in [0.3, 0.4) is 0 Å². The van der Waals surface area contributed by atoms with Gasteiger partial charge in [-0.25, -0.2) is 5.48 Å². The molecule has 2 atom stereocenters. The Morgan fingerprint density at radius 1 is 1.24 bits per heavy atom. The summed E-state index contributed by atoms with van der Waals surface area (Å²) in [5.41, 5.74) is 1.97. The van der Waals surface area contributed by atoms with Gasteiger partial charge in [-0.3, -0.25) is 14.4 Å². The lowest BCUT2D eigenvalue weighted by Crippen LogP contribution is -2.36. The number of amides is 1. The normalized spacial score (nSPS) is 23.5. The Balaban J connectivity index is 2.42. The van der Waals surface area contributed by atoms with Gasteiger partial charge in [-0.05, 0) is 27.2 Å². The summed E-state index contributed by atoms with van der Waals surface area (Å²) >= 11 is 0. The largest absolute Gasteiger partial charge is 0.469 e. The maximum Gasteiger partial charge on any atom is 0.312 e. The van der Waals surface area contributed by atoms with Gasteiger partial charge in [-0.15, -0.1) is 0 Å². The third-order valence-electron chi connectivity index (χ3n) is 2.38. The molecule has 0 unspecified atom stereocenters. The average Bonchev–Trinajstić information content (AvgIpc) is 2.73. The van der Waals surface area contributed by atoms with Crippen LogP contribution in [0.2, 0.25) is 0 Å². The molecule has 0 aromatic heterocycles. The number of esters is 1. The third-order valence-corrected chi connectivity index (χ3v) is 2.38. The molecule has 0 heterocycles. The zero-order valence-electron chi connectivity index (χ0n) is 10.6. The highest BCUT2D eigenvalue weighted by Crippen LogP contribution is 2.24. The molecule has 96 valence electrons. The van der Waals surface area contributed by atoms with Gasteiger partial charge >= 0.3 is 5.97 Å². The fraction of sp³-hybridized carbons (Fsp3) is 0.667. The average molecular weight is 241 g/mol. The second kappa shape index (κ2) is 5.31. The first-order valence-corrected chi connectivity index (χ1v) is 5.57. The molecule has 1 aliphatic rings. The fourth-order valence-corrected chi connectivity index (χ4v) is 1.50. The van der Waals surface area contributed by atoms with Gasteiger partial charge in [0.15, 0.2) is 0 Å². The first-order valence-electron chi connectivity index (χ1n) is 5.57. The molecule has 1 aliphatic carbocycles. The van der Waals surface area contributed by atoms with Crippen LogP contribution in [0.25, 0.3) is 0 Å². The molecule has 0 fully saturated rings. The van der Waals surface area contributed by atoms with Crippen LogP contribution < -0.4 is 5.48 Å². The summed E-state index contributed by atoms with van der Waals surface area (Å²) in [6.45, 7) is 5.53. The van der Waals surface area contributed by atoms with Crippen LogP contribution >= 0.6 is 0 Å². The molecule has 0 bridgehead atoms. The van der Waals surface area contributed by atoms with Crippen LogP contribution in [0.5, 0.6) is 0 Å². The zero-order chi connectivity index (χ0) is 13.1. The van der Waals surface area contributed by atoms with Gasteiger partial charge in [0.1, 0.15) is 0 Å². The number of rotatable bonds is 3. The van der Waals surface area contributed by atoms with E-state index < -0.39 is 5.60 Å². The molecule has 1 rings (SSSR count). The molecule has 0 spiro atoms. The summed E-state index contributed by atoms with van der Waals surface area (Å²) in [6.07, 6.45) is 3.85. The van der Waals surface area contributed by atoms with Crippen LogP contribution in [0, 0.1) is 11.8 Å². The molecular formula is C12H19NO4. The van der Waals surface area contributed by atoms with Crippen molar-refractivity contribution in [3.05, 3.63) is 12.2 Å². The highest BCUT2D eigenvalue weighted by molar-refractivity contribution is 5.83. The lowest BCUT2D eigenvalue weighted by molar-refractivity contribution is -0.149. The summed E-state index contributed by atoms with van der Waals surface area (Å²) < 4.78 is 4.62. The maximum atomic E-state index is 11.7. The van der Waals surface area contributed by atoms with Crippen molar-refractivity contribution in [2.24, 2.45) is 11.8 Å². The maximum absolute atomic E-state index is 11.7. The molecule has 17 heavy (non-hydrogen) atoms. The quantitative estimate of drug-likeness (QED) is 0.458. The van der Waals surface area contributed by atoms with Crippen LogP contribution in [-0.4, -0.2) is 24.6 Å². The van der Waals surface area contributed by atoms with Crippen molar-refractivity contribution >= 4 is 11.9 Å². The van der Waals surface area contributed by atoms with Gasteiger partial charge in [0.2, 0.25) is 0 Å². The SMILES string of the molecule is COC(=O)[C@H]1C=C[C@@H](C(=O)NOC(C)(C)C)C1. The molecule has 0 saturated carbocycles. The first-order chi connectivity index (χ1) is 7.83. The Labute approximate surface area is 101 Å². The van der Waals surface area contributed by atoms with Crippen molar-refractivity contribution in [1.29, 1.82) is 0 Å². The standard InChI is InChI=1S/C12H19NO4/c1-12(2,3)17-13-10(14)8-5-6-9(7-8)11(15)16-4/h5-6,8-9H,7H2,1-4H3,(H,13,14)/t8-,9+/m1/s1. The summed E-state index contributed by atoms with van der Waals surface area (Å²) in [6, 6.07) is 0. The van der Waals surface area contributed by atoms with E-state index in [4.69, 9.17) is 4.84 Å². The van der Waals surface area contributed by atoms with E-state index in [1.54, 1.807) is 12.2 Å². The number of nitrogens with one attached hydrogen (secondary N) is 1. The monoisotopic (exact) mass is 241 g/mol.